The van der Waals surface area contributed by atoms with Gasteiger partial charge in [0.1, 0.15) is 0 Å². The maximum atomic E-state index is 13.6. The molecule has 0 aliphatic heterocycles. The first kappa shape index (κ1) is 11.5. The summed E-state index contributed by atoms with van der Waals surface area (Å²) >= 11 is 9.04. The summed E-state index contributed by atoms with van der Waals surface area (Å²) in [5.41, 5.74) is 0.352. The first-order valence-electron chi connectivity index (χ1n) is 3.95. The highest BCUT2D eigenvalue weighted by Crippen LogP contribution is 2.28. The van der Waals surface area contributed by atoms with Gasteiger partial charge in [0.05, 0.1) is 12.1 Å². The Morgan fingerprint density at radius 2 is 2.29 bits per heavy atom. The summed E-state index contributed by atoms with van der Waals surface area (Å²) in [5, 5.41) is 1.03. The molecule has 0 saturated heterocycles. The Labute approximate surface area is 95.7 Å². The lowest BCUT2D eigenvalue weighted by Crippen LogP contribution is -1.91. The molecular formula is C10H9BrClFO. The Balaban J connectivity index is 3.18. The van der Waals surface area contributed by atoms with Crippen LogP contribution in [0.5, 0.6) is 5.75 Å². The minimum atomic E-state index is -0.433. The van der Waals surface area contributed by atoms with Gasteiger partial charge in [-0.2, -0.15) is 0 Å². The monoisotopic (exact) mass is 278 g/mol. The lowest BCUT2D eigenvalue weighted by atomic mass is 10.2. The molecule has 0 amide bonds. The van der Waals surface area contributed by atoms with E-state index in [4.69, 9.17) is 16.3 Å². The van der Waals surface area contributed by atoms with Crippen molar-refractivity contribution in [1.29, 1.82) is 0 Å². The van der Waals surface area contributed by atoms with Gasteiger partial charge in [0, 0.05) is 10.9 Å². The Morgan fingerprint density at radius 1 is 1.57 bits per heavy atom. The smallest absolute Gasteiger partial charge is 0.173 e. The number of rotatable bonds is 3. The molecule has 0 heterocycles. The highest BCUT2D eigenvalue weighted by Gasteiger charge is 2.09. The molecule has 0 aliphatic rings. The molecule has 14 heavy (non-hydrogen) atoms. The summed E-state index contributed by atoms with van der Waals surface area (Å²) < 4.78 is 18.4. The molecule has 0 bridgehead atoms. The molecule has 4 heteroatoms. The molecule has 76 valence electrons. The van der Waals surface area contributed by atoms with Crippen LogP contribution in [0.1, 0.15) is 5.56 Å². The van der Waals surface area contributed by atoms with Gasteiger partial charge in [-0.1, -0.05) is 39.7 Å². The third kappa shape index (κ3) is 2.49. The maximum Gasteiger partial charge on any atom is 0.173 e. The van der Waals surface area contributed by atoms with Gasteiger partial charge in [-0.15, -0.1) is 0 Å². The van der Waals surface area contributed by atoms with E-state index in [2.05, 4.69) is 15.9 Å². The SMILES string of the molecule is COc1ccc(Cl)c(C=CCBr)c1F. The average Bonchev–Trinajstić information content (AvgIpc) is 2.18. The predicted octanol–water partition coefficient (Wildman–Crippen LogP) is 3.90. The zero-order valence-corrected chi connectivity index (χ0v) is 9.90. The van der Waals surface area contributed by atoms with Crippen LogP contribution in [0.25, 0.3) is 6.08 Å². The van der Waals surface area contributed by atoms with E-state index in [1.807, 2.05) is 0 Å². The first-order chi connectivity index (χ1) is 6.70. The Bertz CT molecular complexity index is 352. The normalized spacial score (nSPS) is 10.9. The number of hydrogen-bond donors (Lipinski definition) is 0. The van der Waals surface area contributed by atoms with Crippen LogP contribution in [0.2, 0.25) is 5.02 Å². The number of methoxy groups -OCH3 is 1. The summed E-state index contributed by atoms with van der Waals surface area (Å²) in [6.07, 6.45) is 3.39. The Kier molecular flexibility index (Phi) is 4.42. The van der Waals surface area contributed by atoms with Gasteiger partial charge >= 0.3 is 0 Å². The van der Waals surface area contributed by atoms with Crippen LogP contribution >= 0.6 is 27.5 Å². The topological polar surface area (TPSA) is 9.23 Å². The maximum absolute atomic E-state index is 13.6. The van der Waals surface area contributed by atoms with Crippen molar-refractivity contribution >= 4 is 33.6 Å². The fraction of sp³-hybridized carbons (Fsp3) is 0.200. The second-order valence-electron chi connectivity index (χ2n) is 2.53. The fourth-order valence-corrected chi connectivity index (χ4v) is 1.42. The minimum Gasteiger partial charge on any atom is -0.494 e. The quantitative estimate of drug-likeness (QED) is 0.763. The van der Waals surface area contributed by atoms with Gasteiger partial charge in [0.25, 0.3) is 0 Å². The van der Waals surface area contributed by atoms with Crippen LogP contribution in [0.4, 0.5) is 4.39 Å². The number of halogens is 3. The average molecular weight is 280 g/mol. The molecule has 0 spiro atoms. The number of allylic oxidation sites excluding steroid dienone is 1. The van der Waals surface area contributed by atoms with Crippen LogP contribution in [0.3, 0.4) is 0 Å². The highest BCUT2D eigenvalue weighted by molar-refractivity contribution is 9.09. The Hall–Kier alpha value is -0.540. The van der Waals surface area contributed by atoms with E-state index < -0.39 is 5.82 Å². The molecule has 0 saturated carbocycles. The molecule has 1 aromatic rings. The van der Waals surface area contributed by atoms with Gasteiger partial charge in [0.15, 0.2) is 11.6 Å². The van der Waals surface area contributed by atoms with Crippen molar-refractivity contribution in [3.63, 3.8) is 0 Å². The van der Waals surface area contributed by atoms with Crippen LogP contribution in [0, 0.1) is 5.82 Å². The van der Waals surface area contributed by atoms with Crippen molar-refractivity contribution in [3.05, 3.63) is 34.6 Å². The third-order valence-corrected chi connectivity index (χ3v) is 2.39. The second kappa shape index (κ2) is 5.37. The summed E-state index contributed by atoms with van der Waals surface area (Å²) in [7, 11) is 1.42. The molecule has 0 aromatic heterocycles. The fourth-order valence-electron chi connectivity index (χ4n) is 1.02. The minimum absolute atomic E-state index is 0.198. The van der Waals surface area contributed by atoms with E-state index in [0.717, 1.165) is 0 Å². The summed E-state index contributed by atoms with van der Waals surface area (Å²) in [6.45, 7) is 0. The van der Waals surface area contributed by atoms with E-state index in [-0.39, 0.29) is 5.75 Å². The molecule has 0 fully saturated rings. The molecular weight excluding hydrogens is 270 g/mol. The number of alkyl halides is 1. The molecule has 0 atom stereocenters. The van der Waals surface area contributed by atoms with E-state index in [9.17, 15) is 4.39 Å². The van der Waals surface area contributed by atoms with Gasteiger partial charge in [-0.25, -0.2) is 4.39 Å². The number of benzene rings is 1. The molecule has 0 unspecified atom stereocenters. The van der Waals surface area contributed by atoms with Crippen molar-refractivity contribution in [2.45, 2.75) is 0 Å². The molecule has 0 aliphatic carbocycles. The highest BCUT2D eigenvalue weighted by atomic mass is 79.9. The van der Waals surface area contributed by atoms with Crippen molar-refractivity contribution in [1.82, 2.24) is 0 Å². The van der Waals surface area contributed by atoms with E-state index in [0.29, 0.717) is 15.9 Å². The predicted molar refractivity (Wildman–Crippen MR) is 60.8 cm³/mol. The number of hydrogen-bond acceptors (Lipinski definition) is 1. The second-order valence-corrected chi connectivity index (χ2v) is 3.59. The van der Waals surface area contributed by atoms with Crippen LogP contribution in [-0.4, -0.2) is 12.4 Å². The van der Waals surface area contributed by atoms with E-state index in [1.54, 1.807) is 18.2 Å². The summed E-state index contributed by atoms with van der Waals surface area (Å²) in [6, 6.07) is 3.11. The van der Waals surface area contributed by atoms with Crippen LogP contribution in [0.15, 0.2) is 18.2 Å². The Morgan fingerprint density at radius 3 is 2.86 bits per heavy atom. The first-order valence-corrected chi connectivity index (χ1v) is 5.45. The van der Waals surface area contributed by atoms with Gasteiger partial charge in [0.2, 0.25) is 0 Å². The largest absolute Gasteiger partial charge is 0.494 e. The summed E-state index contributed by atoms with van der Waals surface area (Å²) in [5.74, 6) is -0.235. The molecule has 0 radical (unpaired) electrons. The lowest BCUT2D eigenvalue weighted by molar-refractivity contribution is 0.386. The van der Waals surface area contributed by atoms with Crippen molar-refractivity contribution < 1.29 is 9.13 Å². The van der Waals surface area contributed by atoms with E-state index >= 15 is 0 Å². The molecule has 1 aromatic carbocycles. The van der Waals surface area contributed by atoms with Crippen molar-refractivity contribution in [3.8, 4) is 5.75 Å². The standard InChI is InChI=1S/C10H9BrClFO/c1-14-9-5-4-8(12)7(10(9)13)3-2-6-11/h2-5H,6H2,1H3. The molecule has 1 rings (SSSR count). The lowest BCUT2D eigenvalue weighted by Gasteiger charge is -2.05. The van der Waals surface area contributed by atoms with Gasteiger partial charge < -0.3 is 4.74 Å². The van der Waals surface area contributed by atoms with Crippen molar-refractivity contribution in [2.24, 2.45) is 0 Å². The van der Waals surface area contributed by atoms with Crippen LogP contribution in [-0.2, 0) is 0 Å². The van der Waals surface area contributed by atoms with Crippen molar-refractivity contribution in [2.75, 3.05) is 12.4 Å². The summed E-state index contributed by atoms with van der Waals surface area (Å²) in [4.78, 5) is 0. The molecule has 1 nitrogen and oxygen atoms in total. The van der Waals surface area contributed by atoms with Gasteiger partial charge in [-0.05, 0) is 12.1 Å². The third-order valence-electron chi connectivity index (χ3n) is 1.68. The molecule has 0 N–H and O–H groups in total. The van der Waals surface area contributed by atoms with Gasteiger partial charge in [-0.3, -0.25) is 0 Å². The zero-order valence-electron chi connectivity index (χ0n) is 7.56. The zero-order chi connectivity index (χ0) is 10.6. The van der Waals surface area contributed by atoms with Crippen LogP contribution < -0.4 is 4.74 Å². The number of ether oxygens (including phenoxy) is 1. The van der Waals surface area contributed by atoms with E-state index in [1.165, 1.54) is 13.2 Å².